The Kier molecular flexibility index (Phi) is 4.55. The first-order valence-corrected chi connectivity index (χ1v) is 11.0. The van der Waals surface area contributed by atoms with Crippen LogP contribution in [0.5, 0.6) is 0 Å². The molecule has 152 valence electrons. The van der Waals surface area contributed by atoms with Gasteiger partial charge in [0.15, 0.2) is 17.5 Å². The highest BCUT2D eigenvalue weighted by Crippen LogP contribution is 2.35. The number of para-hydroxylation sites is 2. The molecule has 6 rings (SSSR count). The van der Waals surface area contributed by atoms with Gasteiger partial charge < -0.3 is 4.42 Å². The van der Waals surface area contributed by atoms with Gasteiger partial charge in [-0.2, -0.15) is 0 Å². The smallest absolute Gasteiger partial charge is 0.167 e. The van der Waals surface area contributed by atoms with Gasteiger partial charge in [0.1, 0.15) is 11.2 Å². The topological polar surface area (TPSA) is 51.8 Å². The molecule has 0 spiro atoms. The maximum atomic E-state index is 6.24. The maximum Gasteiger partial charge on any atom is 0.167 e. The van der Waals surface area contributed by atoms with E-state index in [1.807, 2.05) is 84.9 Å². The summed E-state index contributed by atoms with van der Waals surface area (Å²) in [6, 6.07) is 32.1. The number of nitrogens with zero attached hydrogens (tertiary/aromatic N) is 3. The fourth-order valence-corrected chi connectivity index (χ4v) is 4.13. The quantitative estimate of drug-likeness (QED) is 0.264. The van der Waals surface area contributed by atoms with Crippen LogP contribution in [0.3, 0.4) is 0 Å². The normalized spacial score (nSPS) is 11.3. The van der Waals surface area contributed by atoms with Gasteiger partial charge in [-0.25, -0.2) is 15.0 Å². The summed E-state index contributed by atoms with van der Waals surface area (Å²) in [5.41, 5.74) is 4.33. The van der Waals surface area contributed by atoms with Crippen molar-refractivity contribution in [3.8, 4) is 34.2 Å². The summed E-state index contributed by atoms with van der Waals surface area (Å²) in [6.07, 6.45) is 0. The average molecular weight is 478 g/mol. The molecule has 4 aromatic carbocycles. The monoisotopic (exact) mass is 477 g/mol. The summed E-state index contributed by atoms with van der Waals surface area (Å²) in [7, 11) is 0. The van der Waals surface area contributed by atoms with E-state index in [1.165, 1.54) is 0 Å². The summed E-state index contributed by atoms with van der Waals surface area (Å²) in [4.78, 5) is 14.5. The van der Waals surface area contributed by atoms with Crippen LogP contribution in [0.15, 0.2) is 106 Å². The second kappa shape index (κ2) is 7.70. The molecule has 0 fully saturated rings. The molecule has 4 nitrogen and oxygen atoms in total. The van der Waals surface area contributed by atoms with Crippen molar-refractivity contribution in [1.82, 2.24) is 15.0 Å². The molecule has 32 heavy (non-hydrogen) atoms. The standard InChI is InChI=1S/C27H16BrN3O/c28-19-15-13-18(14-16-19)26-29-25(17-7-2-1-3-8-17)30-27(31-26)22-11-6-10-21-20-9-4-5-12-23(20)32-24(21)22/h1-16H. The van der Waals surface area contributed by atoms with Crippen molar-refractivity contribution in [2.24, 2.45) is 0 Å². The van der Waals surface area contributed by atoms with E-state index < -0.39 is 0 Å². The van der Waals surface area contributed by atoms with Gasteiger partial charge in [0, 0.05) is 26.4 Å². The van der Waals surface area contributed by atoms with Crippen LogP contribution in [0, 0.1) is 0 Å². The lowest BCUT2D eigenvalue weighted by atomic mass is 10.1. The Labute approximate surface area is 192 Å². The molecule has 0 amide bonds. The lowest BCUT2D eigenvalue weighted by Crippen LogP contribution is -2.00. The second-order valence-electron chi connectivity index (χ2n) is 7.46. The van der Waals surface area contributed by atoms with Gasteiger partial charge in [-0.1, -0.05) is 88.7 Å². The summed E-state index contributed by atoms with van der Waals surface area (Å²) in [5.74, 6) is 1.83. The van der Waals surface area contributed by atoms with Gasteiger partial charge in [0.2, 0.25) is 0 Å². The molecule has 6 aromatic rings. The SMILES string of the molecule is Brc1ccc(-c2nc(-c3ccccc3)nc(-c3cccc4c3oc3ccccc34)n2)cc1. The Balaban J connectivity index is 1.62. The number of furan rings is 1. The zero-order valence-electron chi connectivity index (χ0n) is 16.9. The van der Waals surface area contributed by atoms with Gasteiger partial charge in [-0.15, -0.1) is 0 Å². The van der Waals surface area contributed by atoms with E-state index in [4.69, 9.17) is 19.4 Å². The van der Waals surface area contributed by atoms with E-state index in [-0.39, 0.29) is 0 Å². The minimum absolute atomic E-state index is 0.585. The predicted octanol–water partition coefficient (Wildman–Crippen LogP) is 7.53. The van der Waals surface area contributed by atoms with Crippen LogP contribution >= 0.6 is 15.9 Å². The van der Waals surface area contributed by atoms with Crippen molar-refractivity contribution >= 4 is 37.9 Å². The Morgan fingerprint density at radius 2 is 1.16 bits per heavy atom. The van der Waals surface area contributed by atoms with E-state index >= 15 is 0 Å². The minimum Gasteiger partial charge on any atom is -0.455 e. The second-order valence-corrected chi connectivity index (χ2v) is 8.38. The summed E-state index contributed by atoms with van der Waals surface area (Å²) < 4.78 is 7.24. The molecule has 0 saturated heterocycles. The average Bonchev–Trinajstić information content (AvgIpc) is 3.24. The van der Waals surface area contributed by atoms with E-state index in [0.29, 0.717) is 17.5 Å². The molecular weight excluding hydrogens is 462 g/mol. The van der Waals surface area contributed by atoms with E-state index in [2.05, 4.69) is 28.1 Å². The molecule has 2 aromatic heterocycles. The van der Waals surface area contributed by atoms with E-state index in [9.17, 15) is 0 Å². The molecule has 0 atom stereocenters. The molecule has 0 aliphatic heterocycles. The van der Waals surface area contributed by atoms with Crippen molar-refractivity contribution in [1.29, 1.82) is 0 Å². The fourth-order valence-electron chi connectivity index (χ4n) is 3.86. The van der Waals surface area contributed by atoms with Crippen molar-refractivity contribution in [3.63, 3.8) is 0 Å². The van der Waals surface area contributed by atoms with Crippen LogP contribution in [0.4, 0.5) is 0 Å². The van der Waals surface area contributed by atoms with Crippen LogP contribution in [-0.4, -0.2) is 15.0 Å². The molecule has 0 bridgehead atoms. The van der Waals surface area contributed by atoms with Gasteiger partial charge >= 0.3 is 0 Å². The first-order valence-electron chi connectivity index (χ1n) is 10.2. The molecular formula is C27H16BrN3O. The van der Waals surface area contributed by atoms with Crippen LogP contribution in [0.1, 0.15) is 0 Å². The van der Waals surface area contributed by atoms with Crippen LogP contribution < -0.4 is 0 Å². The summed E-state index contributed by atoms with van der Waals surface area (Å²) in [5, 5.41) is 2.12. The fraction of sp³-hybridized carbons (Fsp3) is 0. The first kappa shape index (κ1) is 18.9. The van der Waals surface area contributed by atoms with E-state index in [1.54, 1.807) is 0 Å². The minimum atomic E-state index is 0.585. The number of hydrogen-bond donors (Lipinski definition) is 0. The molecule has 0 unspecified atom stereocenters. The molecule has 0 aliphatic rings. The van der Waals surface area contributed by atoms with Gasteiger partial charge in [0.05, 0.1) is 5.56 Å². The molecule has 0 aliphatic carbocycles. The lowest BCUT2D eigenvalue weighted by Gasteiger charge is -2.08. The molecule has 5 heteroatoms. The summed E-state index contributed by atoms with van der Waals surface area (Å²) >= 11 is 3.50. The van der Waals surface area contributed by atoms with Gasteiger partial charge in [-0.3, -0.25) is 0 Å². The maximum absolute atomic E-state index is 6.24. The Bertz CT molecular complexity index is 1570. The largest absolute Gasteiger partial charge is 0.455 e. The van der Waals surface area contributed by atoms with E-state index in [0.717, 1.165) is 43.1 Å². The Hall–Kier alpha value is -3.83. The molecule has 0 saturated carbocycles. The first-order chi connectivity index (χ1) is 15.8. The van der Waals surface area contributed by atoms with Crippen molar-refractivity contribution < 1.29 is 4.42 Å². The third kappa shape index (κ3) is 3.27. The van der Waals surface area contributed by atoms with Gasteiger partial charge in [-0.05, 0) is 24.3 Å². The molecule has 0 radical (unpaired) electrons. The number of halogens is 1. The van der Waals surface area contributed by atoms with Crippen molar-refractivity contribution in [2.45, 2.75) is 0 Å². The van der Waals surface area contributed by atoms with Crippen LogP contribution in [-0.2, 0) is 0 Å². The summed E-state index contributed by atoms with van der Waals surface area (Å²) in [6.45, 7) is 0. The number of fused-ring (bicyclic) bond motifs is 3. The zero-order chi connectivity index (χ0) is 21.5. The Morgan fingerprint density at radius 1 is 0.531 bits per heavy atom. The predicted molar refractivity (Wildman–Crippen MR) is 131 cm³/mol. The van der Waals surface area contributed by atoms with Crippen molar-refractivity contribution in [2.75, 3.05) is 0 Å². The number of rotatable bonds is 3. The highest BCUT2D eigenvalue weighted by molar-refractivity contribution is 9.10. The van der Waals surface area contributed by atoms with Crippen molar-refractivity contribution in [3.05, 3.63) is 102 Å². The van der Waals surface area contributed by atoms with Crippen LogP contribution in [0.25, 0.3) is 56.1 Å². The number of hydrogen-bond acceptors (Lipinski definition) is 4. The third-order valence-corrected chi connectivity index (χ3v) is 5.94. The number of benzene rings is 4. The zero-order valence-corrected chi connectivity index (χ0v) is 18.5. The lowest BCUT2D eigenvalue weighted by molar-refractivity contribution is 0.669. The number of aromatic nitrogens is 3. The third-order valence-electron chi connectivity index (χ3n) is 5.42. The van der Waals surface area contributed by atoms with Crippen LogP contribution in [0.2, 0.25) is 0 Å². The van der Waals surface area contributed by atoms with Gasteiger partial charge in [0.25, 0.3) is 0 Å². The molecule has 2 heterocycles. The Morgan fingerprint density at radius 3 is 1.94 bits per heavy atom. The highest BCUT2D eigenvalue weighted by atomic mass is 79.9. The molecule has 0 N–H and O–H groups in total. The highest BCUT2D eigenvalue weighted by Gasteiger charge is 2.17.